The predicted octanol–water partition coefficient (Wildman–Crippen LogP) is 1.66. The number of nitrogens with two attached hydrogens (primary N) is 1. The average Bonchev–Trinajstić information content (AvgIpc) is 2.91. The summed E-state index contributed by atoms with van der Waals surface area (Å²) in [6.07, 6.45) is 2.62. The summed E-state index contributed by atoms with van der Waals surface area (Å²) in [7, 11) is 0. The van der Waals surface area contributed by atoms with Crippen LogP contribution in [-0.2, 0) is 0 Å². The molecule has 0 atom stereocenters. The molecule has 0 saturated heterocycles. The van der Waals surface area contributed by atoms with E-state index in [4.69, 9.17) is 5.73 Å². The second-order valence-electron chi connectivity index (χ2n) is 4.46. The highest BCUT2D eigenvalue weighted by Crippen LogP contribution is 2.40. The predicted molar refractivity (Wildman–Crippen MR) is 56.9 cm³/mol. The van der Waals surface area contributed by atoms with E-state index >= 15 is 0 Å². The molecule has 0 bridgehead atoms. The number of nitrogens with zero attached hydrogens (tertiary/aromatic N) is 2. The first kappa shape index (κ1) is 9.24. The summed E-state index contributed by atoms with van der Waals surface area (Å²) in [6, 6.07) is 3.63. The number of anilines is 2. The Balaban J connectivity index is 2.06. The molecule has 1 saturated carbocycles. The Morgan fingerprint density at radius 2 is 2.07 bits per heavy atom. The van der Waals surface area contributed by atoms with Gasteiger partial charge in [0.05, 0.1) is 0 Å². The monoisotopic (exact) mass is 192 g/mol. The first-order valence-corrected chi connectivity index (χ1v) is 4.95. The fraction of sp³-hybridized carbons (Fsp3) is 0.600. The zero-order chi connectivity index (χ0) is 10.2. The molecule has 1 aliphatic rings. The maximum absolute atomic E-state index is 5.46. The number of hydrogen-bond acceptors (Lipinski definition) is 4. The third kappa shape index (κ3) is 1.95. The number of nitrogens with one attached hydrogen (secondary N) is 1. The zero-order valence-electron chi connectivity index (χ0n) is 8.62. The maximum atomic E-state index is 5.46. The second kappa shape index (κ2) is 3.12. The van der Waals surface area contributed by atoms with Gasteiger partial charge in [0.1, 0.15) is 11.6 Å². The highest BCUT2D eigenvalue weighted by atomic mass is 15.2. The Kier molecular flexibility index (Phi) is 2.06. The lowest BCUT2D eigenvalue weighted by atomic mass is 9.99. The number of nitrogen functional groups attached to an aromatic ring is 1. The van der Waals surface area contributed by atoms with Crippen LogP contribution < -0.4 is 11.1 Å². The van der Waals surface area contributed by atoms with Gasteiger partial charge in [-0.2, -0.15) is 0 Å². The molecule has 0 amide bonds. The fourth-order valence-electron chi connectivity index (χ4n) is 1.65. The van der Waals surface area contributed by atoms with Crippen molar-refractivity contribution in [2.24, 2.45) is 5.92 Å². The van der Waals surface area contributed by atoms with Crippen LogP contribution in [0.4, 0.5) is 11.6 Å². The van der Waals surface area contributed by atoms with Crippen molar-refractivity contribution in [1.29, 1.82) is 0 Å². The van der Waals surface area contributed by atoms with Gasteiger partial charge in [0, 0.05) is 5.54 Å². The molecule has 0 aromatic carbocycles. The van der Waals surface area contributed by atoms with Crippen molar-refractivity contribution in [3.05, 3.63) is 12.1 Å². The summed E-state index contributed by atoms with van der Waals surface area (Å²) in [6.45, 7) is 4.39. The molecule has 1 aromatic heterocycles. The Bertz CT molecular complexity index is 313. The van der Waals surface area contributed by atoms with Gasteiger partial charge in [-0.05, 0) is 44.7 Å². The first-order chi connectivity index (χ1) is 6.58. The Labute approximate surface area is 83.9 Å². The van der Waals surface area contributed by atoms with E-state index in [2.05, 4.69) is 29.4 Å². The normalized spacial score (nSPS) is 16.7. The number of hydrogen-bond donors (Lipinski definition) is 2. The Morgan fingerprint density at radius 3 is 2.57 bits per heavy atom. The van der Waals surface area contributed by atoms with Gasteiger partial charge in [0.15, 0.2) is 0 Å². The van der Waals surface area contributed by atoms with Crippen molar-refractivity contribution in [2.75, 3.05) is 11.1 Å². The number of aromatic nitrogens is 2. The van der Waals surface area contributed by atoms with Gasteiger partial charge >= 0.3 is 0 Å². The largest absolute Gasteiger partial charge is 0.382 e. The molecule has 14 heavy (non-hydrogen) atoms. The molecular formula is C10H16N4. The van der Waals surface area contributed by atoms with Gasteiger partial charge < -0.3 is 11.1 Å². The van der Waals surface area contributed by atoms with E-state index in [9.17, 15) is 0 Å². The van der Waals surface area contributed by atoms with Crippen LogP contribution in [0.2, 0.25) is 0 Å². The van der Waals surface area contributed by atoms with Crippen LogP contribution in [0.25, 0.3) is 0 Å². The Hall–Kier alpha value is -1.32. The minimum atomic E-state index is 0.116. The lowest BCUT2D eigenvalue weighted by Crippen LogP contribution is -2.33. The van der Waals surface area contributed by atoms with Crippen LogP contribution in [0.15, 0.2) is 12.1 Å². The van der Waals surface area contributed by atoms with Gasteiger partial charge in [0.25, 0.3) is 0 Å². The SMILES string of the molecule is CC(C)(Nc1ccc(N)nn1)C1CC1. The summed E-state index contributed by atoms with van der Waals surface area (Å²) in [4.78, 5) is 0. The third-order valence-electron chi connectivity index (χ3n) is 2.73. The molecule has 0 spiro atoms. The van der Waals surface area contributed by atoms with E-state index in [0.717, 1.165) is 11.7 Å². The molecule has 2 rings (SSSR count). The summed E-state index contributed by atoms with van der Waals surface area (Å²) in [5, 5.41) is 11.2. The van der Waals surface area contributed by atoms with Crippen molar-refractivity contribution in [3.63, 3.8) is 0 Å². The van der Waals surface area contributed by atoms with Crippen LogP contribution in [0.1, 0.15) is 26.7 Å². The van der Waals surface area contributed by atoms with Crippen molar-refractivity contribution in [3.8, 4) is 0 Å². The highest BCUT2D eigenvalue weighted by Gasteiger charge is 2.37. The molecule has 4 nitrogen and oxygen atoms in total. The van der Waals surface area contributed by atoms with Crippen molar-refractivity contribution >= 4 is 11.6 Å². The lowest BCUT2D eigenvalue weighted by Gasteiger charge is -2.26. The van der Waals surface area contributed by atoms with Gasteiger partial charge in [-0.3, -0.25) is 0 Å². The summed E-state index contributed by atoms with van der Waals surface area (Å²) in [5.41, 5.74) is 5.58. The van der Waals surface area contributed by atoms with E-state index in [1.54, 1.807) is 6.07 Å². The minimum absolute atomic E-state index is 0.116. The molecule has 0 aliphatic heterocycles. The molecule has 3 N–H and O–H groups in total. The third-order valence-corrected chi connectivity index (χ3v) is 2.73. The summed E-state index contributed by atoms with van der Waals surface area (Å²) in [5.74, 6) is 2.03. The molecule has 1 heterocycles. The van der Waals surface area contributed by atoms with Crippen molar-refractivity contribution in [2.45, 2.75) is 32.2 Å². The molecule has 4 heteroatoms. The standard InChI is InChI=1S/C10H16N4/c1-10(2,7-3-4-7)12-9-6-5-8(11)13-14-9/h5-7H,3-4H2,1-2H3,(H2,11,13)(H,12,14). The van der Waals surface area contributed by atoms with E-state index in [1.807, 2.05) is 6.07 Å². The second-order valence-corrected chi connectivity index (χ2v) is 4.46. The zero-order valence-corrected chi connectivity index (χ0v) is 8.62. The minimum Gasteiger partial charge on any atom is -0.382 e. The van der Waals surface area contributed by atoms with Crippen molar-refractivity contribution < 1.29 is 0 Å². The summed E-state index contributed by atoms with van der Waals surface area (Å²) >= 11 is 0. The van der Waals surface area contributed by atoms with E-state index in [1.165, 1.54) is 12.8 Å². The van der Waals surface area contributed by atoms with E-state index in [-0.39, 0.29) is 5.54 Å². The fourth-order valence-corrected chi connectivity index (χ4v) is 1.65. The van der Waals surface area contributed by atoms with Crippen LogP contribution in [0, 0.1) is 5.92 Å². The molecule has 76 valence electrons. The molecule has 1 aliphatic carbocycles. The van der Waals surface area contributed by atoms with Gasteiger partial charge in [-0.15, -0.1) is 10.2 Å². The molecular weight excluding hydrogens is 176 g/mol. The topological polar surface area (TPSA) is 63.8 Å². The smallest absolute Gasteiger partial charge is 0.149 e. The van der Waals surface area contributed by atoms with Gasteiger partial charge in [-0.1, -0.05) is 0 Å². The highest BCUT2D eigenvalue weighted by molar-refractivity contribution is 5.40. The van der Waals surface area contributed by atoms with E-state index < -0.39 is 0 Å². The van der Waals surface area contributed by atoms with Gasteiger partial charge in [0.2, 0.25) is 0 Å². The van der Waals surface area contributed by atoms with E-state index in [0.29, 0.717) is 5.82 Å². The first-order valence-electron chi connectivity index (χ1n) is 4.95. The number of rotatable bonds is 3. The van der Waals surface area contributed by atoms with Crippen molar-refractivity contribution in [1.82, 2.24) is 10.2 Å². The van der Waals surface area contributed by atoms with Crippen LogP contribution in [-0.4, -0.2) is 15.7 Å². The van der Waals surface area contributed by atoms with Crippen LogP contribution >= 0.6 is 0 Å². The maximum Gasteiger partial charge on any atom is 0.149 e. The quantitative estimate of drug-likeness (QED) is 0.764. The average molecular weight is 192 g/mol. The van der Waals surface area contributed by atoms with Crippen LogP contribution in [0.5, 0.6) is 0 Å². The Morgan fingerprint density at radius 1 is 1.36 bits per heavy atom. The lowest BCUT2D eigenvalue weighted by molar-refractivity contribution is 0.492. The molecule has 0 radical (unpaired) electrons. The van der Waals surface area contributed by atoms with Gasteiger partial charge in [-0.25, -0.2) is 0 Å². The molecule has 0 unspecified atom stereocenters. The summed E-state index contributed by atoms with van der Waals surface area (Å²) < 4.78 is 0. The van der Waals surface area contributed by atoms with Crippen LogP contribution in [0.3, 0.4) is 0 Å². The molecule has 1 aromatic rings. The molecule has 1 fully saturated rings.